The van der Waals surface area contributed by atoms with Crippen molar-refractivity contribution in [1.29, 1.82) is 0 Å². The Morgan fingerprint density at radius 2 is 1.47 bits per heavy atom. The van der Waals surface area contributed by atoms with Crippen molar-refractivity contribution < 1.29 is 18.0 Å². The van der Waals surface area contributed by atoms with E-state index >= 15 is 0 Å². The molecule has 7 nitrogen and oxygen atoms in total. The number of sulfonamides is 1. The Balaban J connectivity index is 2.05. The molecule has 38 heavy (non-hydrogen) atoms. The molecule has 0 bridgehead atoms. The minimum absolute atomic E-state index is 0.0395. The molecule has 0 aliphatic rings. The Hall–Kier alpha value is -2.34. The summed E-state index contributed by atoms with van der Waals surface area (Å²) in [5, 5.41) is 3.47. The van der Waals surface area contributed by atoms with Crippen LogP contribution in [0.1, 0.15) is 26.3 Å². The highest BCUT2D eigenvalue weighted by molar-refractivity contribution is 14.1. The van der Waals surface area contributed by atoms with Crippen LogP contribution in [0.3, 0.4) is 0 Å². The molecule has 202 valence electrons. The van der Waals surface area contributed by atoms with Gasteiger partial charge in [0.25, 0.3) is 10.0 Å². The number of hydrogen-bond acceptors (Lipinski definition) is 4. The minimum Gasteiger partial charge on any atom is -0.352 e. The van der Waals surface area contributed by atoms with E-state index in [1.807, 2.05) is 13.8 Å². The van der Waals surface area contributed by atoms with Crippen molar-refractivity contribution in [2.45, 2.75) is 44.3 Å². The molecule has 0 saturated heterocycles. The smallest absolute Gasteiger partial charge is 0.264 e. The fraction of sp³-hybridized carbons (Fsp3) is 0.259. The van der Waals surface area contributed by atoms with Crippen molar-refractivity contribution in [3.8, 4) is 0 Å². The summed E-state index contributed by atoms with van der Waals surface area (Å²) in [6.07, 6.45) is 0. The van der Waals surface area contributed by atoms with Gasteiger partial charge in [-0.05, 0) is 91.9 Å². The second-order valence-electron chi connectivity index (χ2n) is 8.86. The molecule has 0 spiro atoms. The molecule has 2 amide bonds. The van der Waals surface area contributed by atoms with Crippen LogP contribution < -0.4 is 9.62 Å². The SMILES string of the molecule is CC(C)NC(=O)[C@@H](C)N(Cc1c(Cl)cccc1Cl)C(=O)CN(c1ccc(I)cc1)S(=O)(=O)c1ccccc1. The fourth-order valence-electron chi connectivity index (χ4n) is 3.70. The van der Waals surface area contributed by atoms with Crippen LogP contribution in [0.4, 0.5) is 5.69 Å². The number of amides is 2. The molecule has 0 heterocycles. The molecule has 1 N–H and O–H groups in total. The first-order valence-corrected chi connectivity index (χ1v) is 15.1. The maximum Gasteiger partial charge on any atom is 0.264 e. The zero-order valence-corrected chi connectivity index (χ0v) is 25.6. The summed E-state index contributed by atoms with van der Waals surface area (Å²) in [5.74, 6) is -0.978. The molecule has 0 aliphatic heterocycles. The van der Waals surface area contributed by atoms with Gasteiger partial charge < -0.3 is 10.2 Å². The second kappa shape index (κ2) is 13.1. The molecule has 0 aromatic heterocycles. The topological polar surface area (TPSA) is 86.8 Å². The van der Waals surface area contributed by atoms with Gasteiger partial charge in [0, 0.05) is 31.8 Å². The van der Waals surface area contributed by atoms with E-state index in [0.29, 0.717) is 21.3 Å². The summed E-state index contributed by atoms with van der Waals surface area (Å²) in [4.78, 5) is 28.2. The average Bonchev–Trinajstić information content (AvgIpc) is 2.87. The van der Waals surface area contributed by atoms with Crippen molar-refractivity contribution in [3.05, 3.63) is 92.0 Å². The molecule has 1 atom stereocenters. The predicted molar refractivity (Wildman–Crippen MR) is 160 cm³/mol. The monoisotopic (exact) mass is 687 g/mol. The first-order chi connectivity index (χ1) is 17.9. The van der Waals surface area contributed by atoms with Crippen LogP contribution in [-0.2, 0) is 26.2 Å². The third-order valence-electron chi connectivity index (χ3n) is 5.71. The van der Waals surface area contributed by atoms with Crippen molar-refractivity contribution in [1.82, 2.24) is 10.2 Å². The molecule has 0 radical (unpaired) electrons. The van der Waals surface area contributed by atoms with Crippen molar-refractivity contribution in [3.63, 3.8) is 0 Å². The Bertz CT molecular complexity index is 1370. The van der Waals surface area contributed by atoms with Crippen LogP contribution in [0.25, 0.3) is 0 Å². The maximum absolute atomic E-state index is 13.9. The van der Waals surface area contributed by atoms with Gasteiger partial charge >= 0.3 is 0 Å². The Labute approximate surface area is 247 Å². The van der Waals surface area contributed by atoms with Gasteiger partial charge in [0.1, 0.15) is 12.6 Å². The Kier molecular flexibility index (Phi) is 10.4. The van der Waals surface area contributed by atoms with Crippen LogP contribution in [0.5, 0.6) is 0 Å². The highest BCUT2D eigenvalue weighted by Crippen LogP contribution is 2.28. The van der Waals surface area contributed by atoms with Crippen molar-refractivity contribution in [2.24, 2.45) is 0 Å². The highest BCUT2D eigenvalue weighted by atomic mass is 127. The van der Waals surface area contributed by atoms with Gasteiger partial charge in [-0.3, -0.25) is 13.9 Å². The van der Waals surface area contributed by atoms with Crippen LogP contribution in [-0.4, -0.2) is 43.8 Å². The number of rotatable bonds is 10. The van der Waals surface area contributed by atoms with Crippen molar-refractivity contribution in [2.75, 3.05) is 10.8 Å². The van der Waals surface area contributed by atoms with Crippen LogP contribution in [0, 0.1) is 3.57 Å². The molecule has 0 aliphatic carbocycles. The van der Waals surface area contributed by atoms with Gasteiger partial charge in [0.05, 0.1) is 10.6 Å². The zero-order valence-electron chi connectivity index (χ0n) is 21.1. The maximum atomic E-state index is 13.9. The van der Waals surface area contributed by atoms with Gasteiger partial charge in [-0.1, -0.05) is 47.5 Å². The Morgan fingerprint density at radius 1 is 0.895 bits per heavy atom. The summed E-state index contributed by atoms with van der Waals surface area (Å²) in [7, 11) is -4.12. The number of hydrogen-bond donors (Lipinski definition) is 1. The zero-order chi connectivity index (χ0) is 28.0. The third-order valence-corrected chi connectivity index (χ3v) is 8.93. The summed E-state index contributed by atoms with van der Waals surface area (Å²) < 4.78 is 29.4. The van der Waals surface area contributed by atoms with Crippen LogP contribution in [0.2, 0.25) is 10.0 Å². The van der Waals surface area contributed by atoms with Gasteiger partial charge in [-0.15, -0.1) is 0 Å². The van der Waals surface area contributed by atoms with Crippen molar-refractivity contribution >= 4 is 73.3 Å². The molecule has 3 rings (SSSR count). The summed E-state index contributed by atoms with van der Waals surface area (Å²) in [5.41, 5.74) is 0.776. The van der Waals surface area contributed by atoms with E-state index in [9.17, 15) is 18.0 Å². The molecular weight excluding hydrogens is 660 g/mol. The average molecular weight is 688 g/mol. The lowest BCUT2D eigenvalue weighted by Crippen LogP contribution is -2.52. The van der Waals surface area contributed by atoms with E-state index in [-0.39, 0.29) is 23.4 Å². The first kappa shape index (κ1) is 30.2. The molecule has 0 fully saturated rings. The van der Waals surface area contributed by atoms with E-state index < -0.39 is 28.5 Å². The summed E-state index contributed by atoms with van der Waals surface area (Å²) >= 11 is 14.9. The van der Waals surface area contributed by atoms with Gasteiger partial charge in [-0.2, -0.15) is 0 Å². The van der Waals surface area contributed by atoms with Gasteiger partial charge in [-0.25, -0.2) is 8.42 Å². The molecular formula is C27H28Cl2IN3O4S. The normalized spacial score (nSPS) is 12.2. The Morgan fingerprint density at radius 3 is 2.03 bits per heavy atom. The number of nitrogens with zero attached hydrogens (tertiary/aromatic N) is 2. The quantitative estimate of drug-likeness (QED) is 0.276. The van der Waals surface area contributed by atoms with Crippen LogP contribution in [0.15, 0.2) is 77.7 Å². The number of anilines is 1. The first-order valence-electron chi connectivity index (χ1n) is 11.8. The van der Waals surface area contributed by atoms with Gasteiger partial charge in [0.15, 0.2) is 0 Å². The van der Waals surface area contributed by atoms with E-state index in [4.69, 9.17) is 23.2 Å². The molecule has 0 saturated carbocycles. The standard InChI is InChI=1S/C27H28Cl2IN3O4S/c1-18(2)31-27(35)19(3)32(16-23-24(28)10-7-11-25(23)29)26(34)17-33(21-14-12-20(30)13-15-21)38(36,37)22-8-5-4-6-9-22/h4-15,18-19H,16-17H2,1-3H3,(H,31,35)/t19-/m1/s1. The molecule has 11 heteroatoms. The van der Waals surface area contributed by atoms with Crippen LogP contribution >= 0.6 is 45.8 Å². The second-order valence-corrected chi connectivity index (χ2v) is 12.8. The summed E-state index contributed by atoms with van der Waals surface area (Å²) in [6.45, 7) is 4.58. The molecule has 3 aromatic rings. The van der Waals surface area contributed by atoms with E-state index in [2.05, 4.69) is 27.9 Å². The van der Waals surface area contributed by atoms with E-state index in [1.54, 1.807) is 67.6 Å². The third kappa shape index (κ3) is 7.40. The lowest BCUT2D eigenvalue weighted by molar-refractivity contribution is -0.139. The fourth-order valence-corrected chi connectivity index (χ4v) is 6.01. The number of halogens is 3. The number of carbonyl (C=O) groups excluding carboxylic acids is 2. The molecule has 3 aromatic carbocycles. The minimum atomic E-state index is -4.12. The number of benzene rings is 3. The van der Waals surface area contributed by atoms with Gasteiger partial charge in [0.2, 0.25) is 11.8 Å². The molecule has 0 unspecified atom stereocenters. The number of nitrogens with one attached hydrogen (secondary N) is 1. The summed E-state index contributed by atoms with van der Waals surface area (Å²) in [6, 6.07) is 18.5. The lowest BCUT2D eigenvalue weighted by Gasteiger charge is -2.32. The highest BCUT2D eigenvalue weighted by Gasteiger charge is 2.33. The number of carbonyl (C=O) groups is 2. The lowest BCUT2D eigenvalue weighted by atomic mass is 10.1. The largest absolute Gasteiger partial charge is 0.352 e. The van der Waals surface area contributed by atoms with E-state index in [0.717, 1.165) is 7.88 Å². The van der Waals surface area contributed by atoms with E-state index in [1.165, 1.54) is 17.0 Å². The predicted octanol–water partition coefficient (Wildman–Crippen LogP) is 5.74.